The number of morpholine rings is 1. The zero-order chi connectivity index (χ0) is 18.8. The van der Waals surface area contributed by atoms with Crippen LogP contribution in [-0.2, 0) is 4.74 Å². The Morgan fingerprint density at radius 3 is 2.85 bits per heavy atom. The number of nitrogens with zero attached hydrogens (tertiary/aromatic N) is 3. The number of hydrogen-bond donors (Lipinski definition) is 0. The molecule has 0 bridgehead atoms. The molecule has 0 saturated carbocycles. The number of benzene rings is 1. The second-order valence-electron chi connectivity index (χ2n) is 6.12. The fraction of sp³-hybridized carbons (Fsp3) is 0.333. The summed E-state index contributed by atoms with van der Waals surface area (Å²) in [6.07, 6.45) is 1.42. The summed E-state index contributed by atoms with van der Waals surface area (Å²) in [4.78, 5) is 20.8. The molecule has 1 aliphatic heterocycles. The standard InChI is InChI=1S/C18H17F2N3O3S/c19-12-10-13(20)16-15(11-12)27-18(21-16)23(17(24)14-2-1-7-26-14)4-3-22-5-8-25-9-6-22/h1-2,7,10-11H,3-6,8-9H2. The van der Waals surface area contributed by atoms with E-state index in [0.29, 0.717) is 36.1 Å². The van der Waals surface area contributed by atoms with Crippen LogP contribution >= 0.6 is 11.3 Å². The van der Waals surface area contributed by atoms with Gasteiger partial charge in [0.05, 0.1) is 24.2 Å². The summed E-state index contributed by atoms with van der Waals surface area (Å²) < 4.78 is 38.5. The third-order valence-corrected chi connectivity index (χ3v) is 5.38. The molecule has 0 unspecified atom stereocenters. The monoisotopic (exact) mass is 393 g/mol. The molecule has 0 spiro atoms. The molecule has 6 nitrogen and oxygen atoms in total. The number of halogens is 2. The lowest BCUT2D eigenvalue weighted by Crippen LogP contribution is -2.43. The molecule has 0 radical (unpaired) electrons. The second kappa shape index (κ2) is 7.71. The Morgan fingerprint density at radius 1 is 1.30 bits per heavy atom. The van der Waals surface area contributed by atoms with Gasteiger partial charge in [0.25, 0.3) is 5.91 Å². The highest BCUT2D eigenvalue weighted by atomic mass is 32.1. The van der Waals surface area contributed by atoms with Crippen molar-refractivity contribution in [2.75, 3.05) is 44.3 Å². The van der Waals surface area contributed by atoms with Gasteiger partial charge in [-0.3, -0.25) is 14.6 Å². The molecule has 0 N–H and O–H groups in total. The van der Waals surface area contributed by atoms with Gasteiger partial charge in [0, 0.05) is 32.2 Å². The third kappa shape index (κ3) is 3.85. The van der Waals surface area contributed by atoms with E-state index in [1.807, 2.05) is 0 Å². The predicted molar refractivity (Wildman–Crippen MR) is 97.2 cm³/mol. The average molecular weight is 393 g/mol. The molecule has 2 aromatic heterocycles. The highest BCUT2D eigenvalue weighted by Gasteiger charge is 2.25. The normalized spacial score (nSPS) is 15.3. The number of carbonyl (C=O) groups excluding carboxylic acids is 1. The Balaban J connectivity index is 1.64. The molecule has 0 atom stereocenters. The first kappa shape index (κ1) is 18.0. The highest BCUT2D eigenvalue weighted by Crippen LogP contribution is 2.32. The van der Waals surface area contributed by atoms with E-state index in [0.717, 1.165) is 30.5 Å². The van der Waals surface area contributed by atoms with Gasteiger partial charge < -0.3 is 9.15 Å². The molecule has 1 fully saturated rings. The van der Waals surface area contributed by atoms with Crippen LogP contribution in [0.1, 0.15) is 10.6 Å². The number of rotatable bonds is 5. The van der Waals surface area contributed by atoms with Crippen LogP contribution in [0.15, 0.2) is 34.9 Å². The number of amides is 1. The van der Waals surface area contributed by atoms with Crippen LogP contribution in [0.5, 0.6) is 0 Å². The third-order valence-electron chi connectivity index (χ3n) is 4.35. The molecule has 3 heterocycles. The summed E-state index contributed by atoms with van der Waals surface area (Å²) >= 11 is 1.08. The molecule has 9 heteroatoms. The van der Waals surface area contributed by atoms with Crippen molar-refractivity contribution in [3.8, 4) is 0 Å². The van der Waals surface area contributed by atoms with Gasteiger partial charge >= 0.3 is 0 Å². The minimum Gasteiger partial charge on any atom is -0.459 e. The Labute approximate surface area is 157 Å². The van der Waals surface area contributed by atoms with E-state index < -0.39 is 11.6 Å². The molecule has 0 aliphatic carbocycles. The van der Waals surface area contributed by atoms with Gasteiger partial charge in [0.2, 0.25) is 0 Å². The number of furan rings is 1. The van der Waals surface area contributed by atoms with Crippen LogP contribution in [0.2, 0.25) is 0 Å². The number of thiazole rings is 1. The van der Waals surface area contributed by atoms with Crippen molar-refractivity contribution in [2.45, 2.75) is 0 Å². The largest absolute Gasteiger partial charge is 0.459 e. The van der Waals surface area contributed by atoms with Crippen molar-refractivity contribution in [3.05, 3.63) is 47.9 Å². The van der Waals surface area contributed by atoms with Crippen molar-refractivity contribution in [1.29, 1.82) is 0 Å². The van der Waals surface area contributed by atoms with Crippen molar-refractivity contribution < 1.29 is 22.7 Å². The fourth-order valence-corrected chi connectivity index (χ4v) is 3.97. The second-order valence-corrected chi connectivity index (χ2v) is 7.13. The zero-order valence-electron chi connectivity index (χ0n) is 14.4. The fourth-order valence-electron chi connectivity index (χ4n) is 2.94. The average Bonchev–Trinajstić information content (AvgIpc) is 3.32. The van der Waals surface area contributed by atoms with E-state index in [1.165, 1.54) is 17.2 Å². The lowest BCUT2D eigenvalue weighted by molar-refractivity contribution is 0.0390. The van der Waals surface area contributed by atoms with E-state index >= 15 is 0 Å². The summed E-state index contributed by atoms with van der Waals surface area (Å²) in [5.74, 6) is -1.62. The Kier molecular flexibility index (Phi) is 5.15. The van der Waals surface area contributed by atoms with Crippen molar-refractivity contribution in [2.24, 2.45) is 0 Å². The van der Waals surface area contributed by atoms with Crippen LogP contribution in [-0.4, -0.2) is 55.2 Å². The first-order valence-corrected chi connectivity index (χ1v) is 9.34. The number of ether oxygens (including phenoxy) is 1. The van der Waals surface area contributed by atoms with Gasteiger partial charge in [0.1, 0.15) is 11.3 Å². The first-order chi connectivity index (χ1) is 13.1. The maximum atomic E-state index is 14.0. The van der Waals surface area contributed by atoms with Crippen LogP contribution in [0, 0.1) is 11.6 Å². The van der Waals surface area contributed by atoms with Crippen molar-refractivity contribution in [3.63, 3.8) is 0 Å². The van der Waals surface area contributed by atoms with Crippen LogP contribution in [0.25, 0.3) is 10.2 Å². The smallest absolute Gasteiger partial charge is 0.295 e. The van der Waals surface area contributed by atoms with E-state index in [4.69, 9.17) is 9.15 Å². The van der Waals surface area contributed by atoms with Gasteiger partial charge in [-0.05, 0) is 18.2 Å². The molecular weight excluding hydrogens is 376 g/mol. The van der Waals surface area contributed by atoms with Crippen LogP contribution in [0.4, 0.5) is 13.9 Å². The SMILES string of the molecule is O=C(c1ccco1)N(CCN1CCOCC1)c1nc2c(F)cc(F)cc2s1. The molecule has 27 heavy (non-hydrogen) atoms. The van der Waals surface area contributed by atoms with Gasteiger partial charge in [-0.15, -0.1) is 0 Å². The summed E-state index contributed by atoms with van der Waals surface area (Å²) in [5.41, 5.74) is 0.0556. The quantitative estimate of drug-likeness (QED) is 0.667. The van der Waals surface area contributed by atoms with Crippen molar-refractivity contribution >= 4 is 32.6 Å². The number of carbonyl (C=O) groups is 1. The van der Waals surface area contributed by atoms with E-state index in [9.17, 15) is 13.6 Å². The Hall–Kier alpha value is -2.36. The van der Waals surface area contributed by atoms with E-state index in [1.54, 1.807) is 12.1 Å². The van der Waals surface area contributed by atoms with Crippen molar-refractivity contribution in [1.82, 2.24) is 9.88 Å². The lowest BCUT2D eigenvalue weighted by atomic mass is 10.3. The molecule has 142 valence electrons. The molecule has 1 amide bonds. The van der Waals surface area contributed by atoms with Gasteiger partial charge in [-0.1, -0.05) is 11.3 Å². The van der Waals surface area contributed by atoms with E-state index in [-0.39, 0.29) is 17.2 Å². The summed E-state index contributed by atoms with van der Waals surface area (Å²) in [6, 6.07) is 5.20. The topological polar surface area (TPSA) is 58.8 Å². The Morgan fingerprint density at radius 2 is 2.11 bits per heavy atom. The summed E-state index contributed by atoms with van der Waals surface area (Å²) in [5, 5.41) is 0.309. The number of hydrogen-bond acceptors (Lipinski definition) is 6. The van der Waals surface area contributed by atoms with Crippen LogP contribution < -0.4 is 4.90 Å². The molecule has 3 aromatic rings. The van der Waals surface area contributed by atoms with Gasteiger partial charge in [-0.2, -0.15) is 0 Å². The van der Waals surface area contributed by atoms with Crippen LogP contribution in [0.3, 0.4) is 0 Å². The predicted octanol–water partition coefficient (Wildman–Crippen LogP) is 3.15. The molecular formula is C18H17F2N3O3S. The van der Waals surface area contributed by atoms with Gasteiger partial charge in [0.15, 0.2) is 16.7 Å². The van der Waals surface area contributed by atoms with E-state index in [2.05, 4.69) is 9.88 Å². The minimum atomic E-state index is -0.744. The molecule has 1 aliphatic rings. The molecule has 1 saturated heterocycles. The number of aromatic nitrogens is 1. The number of fused-ring (bicyclic) bond motifs is 1. The molecule has 4 rings (SSSR count). The summed E-state index contributed by atoms with van der Waals surface area (Å²) in [7, 11) is 0. The summed E-state index contributed by atoms with van der Waals surface area (Å²) in [6.45, 7) is 3.83. The minimum absolute atomic E-state index is 0.0556. The first-order valence-electron chi connectivity index (χ1n) is 8.53. The molecule has 1 aromatic carbocycles. The Bertz CT molecular complexity index is 939. The maximum Gasteiger partial charge on any atom is 0.295 e. The lowest BCUT2D eigenvalue weighted by Gasteiger charge is -2.28. The maximum absolute atomic E-state index is 14.0. The zero-order valence-corrected chi connectivity index (χ0v) is 15.2. The van der Waals surface area contributed by atoms with Gasteiger partial charge in [-0.25, -0.2) is 13.8 Å². The number of anilines is 1. The highest BCUT2D eigenvalue weighted by molar-refractivity contribution is 7.22.